The lowest BCUT2D eigenvalue weighted by Crippen LogP contribution is -2.63. The normalized spacial score (nSPS) is 34.0. The second-order valence-corrected chi connectivity index (χ2v) is 25.4. The molecule has 49 heavy (non-hydrogen) atoms. The van der Waals surface area contributed by atoms with Gasteiger partial charge in [0.25, 0.3) is 0 Å². The molecular formula is C32H56N6O9Si2. The molecule has 0 aliphatic carbocycles. The Labute approximate surface area is 291 Å². The molecule has 1 aromatic rings. The maximum atomic E-state index is 10.9. The lowest BCUT2D eigenvalue weighted by molar-refractivity contribution is -0.333. The molecule has 11 atom stereocenters. The SMILES string of the molecule is CC(C)(C)[Si](C)(C)O[C@@H]1OC2COC(c3ccccc3)O[C@H]2[C@H](O)C1N=[N+]=[N-].C[C@@H]1C(CO)O[C@@H](O[Si](C)(C)C(C)(C)C)C(N=[N+]=[N-])[C@H]1O. The van der Waals surface area contributed by atoms with E-state index in [1.54, 1.807) is 6.92 Å². The number of benzene rings is 1. The molecule has 15 nitrogen and oxygen atoms in total. The topological polar surface area (TPSA) is 214 Å². The first kappa shape index (κ1) is 41.3. The molecule has 0 spiro atoms. The minimum atomic E-state index is -2.22. The van der Waals surface area contributed by atoms with Crippen molar-refractivity contribution >= 4 is 16.6 Å². The molecular weight excluding hydrogens is 669 g/mol. The zero-order chi connectivity index (χ0) is 36.9. The van der Waals surface area contributed by atoms with Crippen LogP contribution in [0.25, 0.3) is 20.9 Å². The molecule has 4 rings (SSSR count). The van der Waals surface area contributed by atoms with Gasteiger partial charge in [-0.15, -0.1) is 0 Å². The Morgan fingerprint density at radius 2 is 1.31 bits per heavy atom. The Hall–Kier alpha value is -2.09. The quantitative estimate of drug-likeness (QED) is 0.119. The van der Waals surface area contributed by atoms with Crippen LogP contribution in [0.1, 0.15) is 60.3 Å². The first-order valence-electron chi connectivity index (χ1n) is 16.7. The van der Waals surface area contributed by atoms with Crippen LogP contribution >= 0.6 is 0 Å². The molecule has 276 valence electrons. The monoisotopic (exact) mass is 724 g/mol. The third-order valence-corrected chi connectivity index (χ3v) is 19.3. The van der Waals surface area contributed by atoms with Crippen LogP contribution in [0.5, 0.6) is 0 Å². The molecule has 3 aliphatic rings. The van der Waals surface area contributed by atoms with Crippen LogP contribution < -0.4 is 0 Å². The highest BCUT2D eigenvalue weighted by Gasteiger charge is 2.52. The van der Waals surface area contributed by atoms with E-state index in [1.165, 1.54) is 0 Å². The highest BCUT2D eigenvalue weighted by atomic mass is 28.4. The summed E-state index contributed by atoms with van der Waals surface area (Å²) in [5, 5.41) is 38.0. The number of nitrogens with zero attached hydrogens (tertiary/aromatic N) is 6. The van der Waals surface area contributed by atoms with Crippen molar-refractivity contribution in [2.24, 2.45) is 16.1 Å². The van der Waals surface area contributed by atoms with Gasteiger partial charge in [0.05, 0.1) is 31.5 Å². The van der Waals surface area contributed by atoms with E-state index in [9.17, 15) is 15.3 Å². The molecule has 3 N–H and O–H groups in total. The first-order chi connectivity index (χ1) is 22.7. The fraction of sp³-hybridized carbons (Fsp3) is 0.812. The van der Waals surface area contributed by atoms with Crippen LogP contribution in [0.15, 0.2) is 40.6 Å². The van der Waals surface area contributed by atoms with E-state index in [0.29, 0.717) is 0 Å². The average Bonchev–Trinajstić information content (AvgIpc) is 3.02. The van der Waals surface area contributed by atoms with E-state index >= 15 is 0 Å². The number of hydrogen-bond donors (Lipinski definition) is 3. The number of aliphatic hydroxyl groups excluding tert-OH is 3. The van der Waals surface area contributed by atoms with E-state index < -0.39 is 78.1 Å². The predicted molar refractivity (Wildman–Crippen MR) is 188 cm³/mol. The van der Waals surface area contributed by atoms with E-state index in [-0.39, 0.29) is 29.2 Å². The standard InChI is InChI=1S/C19H29N3O5Si.C13H27N3O4Si/c1-19(2,3)28(4,5)27-18-14(21-22-20)15(23)16-13(25-18)11-24-17(26-16)12-9-7-6-8-10-12;1-8-9(7-17)19-12(10(11(8)18)15-16-14)20-21(5,6)13(2,3)4/h6-10,13-18,23H,11H2,1-5H3;8-12,17-18H,7H2,1-6H3/t13?,14?,15-,16-,17?,18+;8-,9?,10?,11+,12+/m11/s1. The molecule has 3 saturated heterocycles. The Balaban J connectivity index is 0.000000278. The summed E-state index contributed by atoms with van der Waals surface area (Å²) < 4.78 is 36.1. The molecule has 0 saturated carbocycles. The second kappa shape index (κ2) is 16.5. The summed E-state index contributed by atoms with van der Waals surface area (Å²) in [4.78, 5) is 5.70. The van der Waals surface area contributed by atoms with Crippen LogP contribution in [0, 0.1) is 5.92 Å². The maximum Gasteiger partial charge on any atom is 0.195 e. The fourth-order valence-corrected chi connectivity index (χ4v) is 7.39. The van der Waals surface area contributed by atoms with Gasteiger partial charge >= 0.3 is 0 Å². The lowest BCUT2D eigenvalue weighted by Gasteiger charge is -2.49. The largest absolute Gasteiger partial charge is 0.394 e. The van der Waals surface area contributed by atoms with Crippen LogP contribution in [-0.2, 0) is 27.8 Å². The summed E-state index contributed by atoms with van der Waals surface area (Å²) in [6.45, 7) is 22.7. The number of ether oxygens (including phenoxy) is 4. The van der Waals surface area contributed by atoms with Gasteiger partial charge in [0.2, 0.25) is 0 Å². The van der Waals surface area contributed by atoms with Gasteiger partial charge in [-0.05, 0) is 47.3 Å². The summed E-state index contributed by atoms with van der Waals surface area (Å²) in [6, 6.07) is 7.80. The second-order valence-electron chi connectivity index (χ2n) is 15.9. The molecule has 17 heteroatoms. The van der Waals surface area contributed by atoms with Gasteiger partial charge in [-0.3, -0.25) is 0 Å². The van der Waals surface area contributed by atoms with Crippen LogP contribution in [0.4, 0.5) is 0 Å². The summed E-state index contributed by atoms with van der Waals surface area (Å²) in [7, 11) is -4.37. The summed E-state index contributed by atoms with van der Waals surface area (Å²) in [5.41, 5.74) is 18.6. The minimum absolute atomic E-state index is 0.0417. The van der Waals surface area contributed by atoms with Crippen molar-refractivity contribution in [3.05, 3.63) is 56.8 Å². The lowest BCUT2D eigenvalue weighted by atomic mass is 9.90. The third-order valence-electron chi connectivity index (χ3n) is 10.5. The number of aliphatic hydroxyl groups is 3. The van der Waals surface area contributed by atoms with Crippen LogP contribution in [0.3, 0.4) is 0 Å². The highest BCUT2D eigenvalue weighted by Crippen LogP contribution is 2.42. The smallest absolute Gasteiger partial charge is 0.195 e. The van der Waals surface area contributed by atoms with Crippen molar-refractivity contribution in [1.29, 1.82) is 0 Å². The molecule has 0 radical (unpaired) electrons. The summed E-state index contributed by atoms with van der Waals surface area (Å²) in [5.74, 6) is -0.329. The Morgan fingerprint density at radius 3 is 1.78 bits per heavy atom. The zero-order valence-electron chi connectivity index (χ0n) is 30.6. The van der Waals surface area contributed by atoms with E-state index in [0.717, 1.165) is 5.56 Å². The zero-order valence-corrected chi connectivity index (χ0v) is 32.6. The number of fused-ring (bicyclic) bond motifs is 1. The van der Waals surface area contributed by atoms with Crippen LogP contribution in [0.2, 0.25) is 36.3 Å². The predicted octanol–water partition coefficient (Wildman–Crippen LogP) is 6.29. The average molecular weight is 725 g/mol. The molecule has 0 amide bonds. The third kappa shape index (κ3) is 9.83. The highest BCUT2D eigenvalue weighted by molar-refractivity contribution is 6.74. The van der Waals surface area contributed by atoms with Crippen LogP contribution in [-0.4, -0.2) is 100 Å². The van der Waals surface area contributed by atoms with Crippen molar-refractivity contribution in [3.8, 4) is 0 Å². The van der Waals surface area contributed by atoms with Gasteiger partial charge in [0.15, 0.2) is 35.5 Å². The Morgan fingerprint density at radius 1 is 0.816 bits per heavy atom. The number of azide groups is 2. The molecule has 3 aliphatic heterocycles. The minimum Gasteiger partial charge on any atom is -0.394 e. The molecule has 0 aromatic heterocycles. The molecule has 0 bridgehead atoms. The van der Waals surface area contributed by atoms with Crippen molar-refractivity contribution in [2.75, 3.05) is 13.2 Å². The van der Waals surface area contributed by atoms with Crippen molar-refractivity contribution < 1.29 is 43.1 Å². The van der Waals surface area contributed by atoms with E-state index in [2.05, 4.69) is 87.8 Å². The fourth-order valence-electron chi connectivity index (χ4n) is 5.13. The van der Waals surface area contributed by atoms with Crippen molar-refractivity contribution in [1.82, 2.24) is 0 Å². The van der Waals surface area contributed by atoms with Gasteiger partial charge in [-0.25, -0.2) is 0 Å². The van der Waals surface area contributed by atoms with E-state index in [4.69, 9.17) is 38.9 Å². The number of rotatable bonds is 8. The molecule has 3 heterocycles. The number of hydrogen-bond acceptors (Lipinski definition) is 11. The van der Waals surface area contributed by atoms with Gasteiger partial charge in [0, 0.05) is 21.3 Å². The van der Waals surface area contributed by atoms with Gasteiger partial charge in [-0.2, -0.15) is 0 Å². The van der Waals surface area contributed by atoms with Gasteiger partial charge in [-0.1, -0.05) is 89.0 Å². The maximum absolute atomic E-state index is 10.9. The van der Waals surface area contributed by atoms with Gasteiger partial charge in [0.1, 0.15) is 24.3 Å². The van der Waals surface area contributed by atoms with Gasteiger partial charge < -0.3 is 43.1 Å². The first-order valence-corrected chi connectivity index (χ1v) is 22.5. The van der Waals surface area contributed by atoms with Crippen molar-refractivity contribution in [3.63, 3.8) is 0 Å². The van der Waals surface area contributed by atoms with Crippen molar-refractivity contribution in [2.45, 2.75) is 146 Å². The molecule has 3 fully saturated rings. The Bertz CT molecular complexity index is 1320. The summed E-state index contributed by atoms with van der Waals surface area (Å²) >= 11 is 0. The van der Waals surface area contributed by atoms with E-state index in [1.807, 2.05) is 30.3 Å². The summed E-state index contributed by atoms with van der Waals surface area (Å²) in [6.07, 6.45) is -5.94. The molecule has 1 aromatic carbocycles. The Kier molecular flexibility index (Phi) is 13.9. The molecule has 5 unspecified atom stereocenters.